The van der Waals surface area contributed by atoms with Gasteiger partial charge in [0.2, 0.25) is 0 Å². The van der Waals surface area contributed by atoms with Gasteiger partial charge in [0, 0.05) is 6.04 Å². The van der Waals surface area contributed by atoms with Crippen molar-refractivity contribution in [3.05, 3.63) is 48.0 Å². The van der Waals surface area contributed by atoms with Gasteiger partial charge in [-0.15, -0.1) is 0 Å². The van der Waals surface area contributed by atoms with E-state index < -0.39 is 0 Å². The van der Waals surface area contributed by atoms with Crippen LogP contribution in [-0.2, 0) is 9.53 Å². The fourth-order valence-electron chi connectivity index (χ4n) is 2.08. The number of esters is 1. The van der Waals surface area contributed by atoms with Crippen LogP contribution in [0.5, 0.6) is 0 Å². The molecule has 2 N–H and O–H groups in total. The van der Waals surface area contributed by atoms with Gasteiger partial charge in [0.25, 0.3) is 0 Å². The van der Waals surface area contributed by atoms with Crippen molar-refractivity contribution in [1.82, 2.24) is 0 Å². The lowest BCUT2D eigenvalue weighted by molar-refractivity contribution is -0.143. The van der Waals surface area contributed by atoms with Gasteiger partial charge in [-0.25, -0.2) is 0 Å². The number of hydrogen-bond acceptors (Lipinski definition) is 3. The highest BCUT2D eigenvalue weighted by Crippen LogP contribution is 2.24. The highest BCUT2D eigenvalue weighted by molar-refractivity contribution is 5.86. The van der Waals surface area contributed by atoms with Crippen molar-refractivity contribution in [2.75, 3.05) is 6.61 Å². The van der Waals surface area contributed by atoms with E-state index in [-0.39, 0.29) is 18.4 Å². The topological polar surface area (TPSA) is 52.3 Å². The summed E-state index contributed by atoms with van der Waals surface area (Å²) in [6.07, 6.45) is 0.210. The molecule has 2 aromatic carbocycles. The van der Waals surface area contributed by atoms with Crippen molar-refractivity contribution in [2.45, 2.75) is 19.4 Å². The number of benzene rings is 2. The highest BCUT2D eigenvalue weighted by Gasteiger charge is 2.14. The van der Waals surface area contributed by atoms with E-state index in [4.69, 9.17) is 10.5 Å². The van der Waals surface area contributed by atoms with Crippen LogP contribution in [0.2, 0.25) is 0 Å². The summed E-state index contributed by atoms with van der Waals surface area (Å²) in [4.78, 5) is 11.5. The first kappa shape index (κ1) is 12.6. The van der Waals surface area contributed by atoms with Crippen LogP contribution in [0.15, 0.2) is 42.5 Å². The van der Waals surface area contributed by atoms with Gasteiger partial charge in [0.05, 0.1) is 13.0 Å². The van der Waals surface area contributed by atoms with E-state index >= 15 is 0 Å². The zero-order valence-electron chi connectivity index (χ0n) is 10.4. The maximum absolute atomic E-state index is 11.5. The van der Waals surface area contributed by atoms with Gasteiger partial charge in [-0.2, -0.15) is 0 Å². The molecule has 3 heteroatoms. The Morgan fingerprint density at radius 1 is 1.22 bits per heavy atom. The van der Waals surface area contributed by atoms with Crippen LogP contribution in [0.1, 0.15) is 24.9 Å². The van der Waals surface area contributed by atoms with E-state index in [1.165, 1.54) is 0 Å². The largest absolute Gasteiger partial charge is 0.466 e. The minimum atomic E-state index is -0.324. The Balaban J connectivity index is 2.27. The van der Waals surface area contributed by atoms with Gasteiger partial charge in [-0.3, -0.25) is 4.79 Å². The summed E-state index contributed by atoms with van der Waals surface area (Å²) in [6.45, 7) is 2.18. The monoisotopic (exact) mass is 243 g/mol. The van der Waals surface area contributed by atoms with Gasteiger partial charge >= 0.3 is 5.97 Å². The fraction of sp³-hybridized carbons (Fsp3) is 0.267. The second-order valence-corrected chi connectivity index (χ2v) is 4.18. The van der Waals surface area contributed by atoms with E-state index in [2.05, 4.69) is 0 Å². The molecule has 0 amide bonds. The third-order valence-corrected chi connectivity index (χ3v) is 2.91. The molecule has 0 saturated carbocycles. The molecule has 0 saturated heterocycles. The van der Waals surface area contributed by atoms with Crippen molar-refractivity contribution in [2.24, 2.45) is 5.73 Å². The summed E-state index contributed by atoms with van der Waals surface area (Å²) in [5, 5.41) is 2.23. The Hall–Kier alpha value is -1.87. The van der Waals surface area contributed by atoms with Gasteiger partial charge in [-0.1, -0.05) is 42.5 Å². The maximum Gasteiger partial charge on any atom is 0.307 e. The minimum Gasteiger partial charge on any atom is -0.466 e. The molecule has 2 rings (SSSR count). The van der Waals surface area contributed by atoms with E-state index in [0.29, 0.717) is 6.61 Å². The number of carbonyl (C=O) groups excluding carboxylic acids is 1. The molecule has 1 atom stereocenters. The van der Waals surface area contributed by atoms with Crippen LogP contribution in [0.3, 0.4) is 0 Å². The Morgan fingerprint density at radius 3 is 2.72 bits per heavy atom. The van der Waals surface area contributed by atoms with Gasteiger partial charge in [-0.05, 0) is 23.3 Å². The number of rotatable bonds is 4. The van der Waals surface area contributed by atoms with Crippen molar-refractivity contribution in [3.8, 4) is 0 Å². The number of hydrogen-bond donors (Lipinski definition) is 1. The standard InChI is InChI=1S/C15H17NO2/c1-2-18-15(17)10-14(16)13-9-5-7-11-6-3-4-8-12(11)13/h3-9,14H,2,10,16H2,1H3/t14-/m0/s1. The van der Waals surface area contributed by atoms with Crippen LogP contribution in [0.25, 0.3) is 10.8 Å². The predicted octanol–water partition coefficient (Wildman–Crippen LogP) is 2.79. The lowest BCUT2D eigenvalue weighted by Crippen LogP contribution is -2.17. The van der Waals surface area contributed by atoms with Crippen LogP contribution >= 0.6 is 0 Å². The molecule has 0 aliphatic heterocycles. The number of fused-ring (bicyclic) bond motifs is 1. The second-order valence-electron chi connectivity index (χ2n) is 4.18. The Morgan fingerprint density at radius 2 is 1.94 bits per heavy atom. The quantitative estimate of drug-likeness (QED) is 0.840. The van der Waals surface area contributed by atoms with Crippen molar-refractivity contribution >= 4 is 16.7 Å². The van der Waals surface area contributed by atoms with Crippen molar-refractivity contribution in [1.29, 1.82) is 0 Å². The lowest BCUT2D eigenvalue weighted by Gasteiger charge is -2.14. The van der Waals surface area contributed by atoms with E-state index in [0.717, 1.165) is 16.3 Å². The van der Waals surface area contributed by atoms with Crippen molar-refractivity contribution < 1.29 is 9.53 Å². The fourth-order valence-corrected chi connectivity index (χ4v) is 2.08. The van der Waals surface area contributed by atoms with Gasteiger partial charge < -0.3 is 10.5 Å². The first-order valence-corrected chi connectivity index (χ1v) is 6.11. The third kappa shape index (κ3) is 2.68. The molecule has 0 unspecified atom stereocenters. The summed E-state index contributed by atoms with van der Waals surface area (Å²) >= 11 is 0. The molecule has 0 spiro atoms. The van der Waals surface area contributed by atoms with Gasteiger partial charge in [0.1, 0.15) is 0 Å². The molecular weight excluding hydrogens is 226 g/mol. The number of carbonyl (C=O) groups is 1. The summed E-state index contributed by atoms with van der Waals surface area (Å²) in [7, 11) is 0. The predicted molar refractivity (Wildman–Crippen MR) is 72.1 cm³/mol. The molecule has 0 radical (unpaired) electrons. The average molecular weight is 243 g/mol. The minimum absolute atomic E-state index is 0.210. The maximum atomic E-state index is 11.5. The third-order valence-electron chi connectivity index (χ3n) is 2.91. The molecule has 0 aliphatic carbocycles. The molecule has 0 aromatic heterocycles. The Kier molecular flexibility index (Phi) is 3.95. The number of nitrogens with two attached hydrogens (primary N) is 1. The first-order chi connectivity index (χ1) is 8.72. The van der Waals surface area contributed by atoms with Crippen LogP contribution < -0.4 is 5.73 Å². The highest BCUT2D eigenvalue weighted by atomic mass is 16.5. The lowest BCUT2D eigenvalue weighted by atomic mass is 9.97. The SMILES string of the molecule is CCOC(=O)C[C@H](N)c1cccc2ccccc12. The zero-order chi connectivity index (χ0) is 13.0. The zero-order valence-corrected chi connectivity index (χ0v) is 10.4. The summed E-state index contributed by atoms with van der Waals surface area (Å²) in [6, 6.07) is 13.7. The normalized spacial score (nSPS) is 12.3. The smallest absolute Gasteiger partial charge is 0.307 e. The summed E-state index contributed by atoms with van der Waals surface area (Å²) < 4.78 is 4.93. The summed E-state index contributed by atoms with van der Waals surface area (Å²) in [5.74, 6) is -0.252. The molecule has 3 nitrogen and oxygen atoms in total. The first-order valence-electron chi connectivity index (χ1n) is 6.11. The van der Waals surface area contributed by atoms with Crippen LogP contribution in [0.4, 0.5) is 0 Å². The molecule has 2 aromatic rings. The molecule has 18 heavy (non-hydrogen) atoms. The molecule has 0 fully saturated rings. The van der Waals surface area contributed by atoms with Crippen molar-refractivity contribution in [3.63, 3.8) is 0 Å². The van der Waals surface area contributed by atoms with E-state index in [1.807, 2.05) is 42.5 Å². The van der Waals surface area contributed by atoms with E-state index in [9.17, 15) is 4.79 Å². The van der Waals surface area contributed by atoms with Gasteiger partial charge in [0.15, 0.2) is 0 Å². The molecule has 0 aliphatic rings. The molecule has 0 heterocycles. The number of ether oxygens (including phenoxy) is 1. The van der Waals surface area contributed by atoms with Crippen LogP contribution in [-0.4, -0.2) is 12.6 Å². The van der Waals surface area contributed by atoms with E-state index in [1.54, 1.807) is 6.92 Å². The second kappa shape index (κ2) is 5.65. The Labute approximate surface area is 107 Å². The summed E-state index contributed by atoms with van der Waals surface area (Å²) in [5.41, 5.74) is 7.08. The van der Waals surface area contributed by atoms with Crippen LogP contribution in [0, 0.1) is 0 Å². The Bertz CT molecular complexity index is 546. The molecule has 94 valence electrons. The molecule has 0 bridgehead atoms. The molecular formula is C15H17NO2. The average Bonchev–Trinajstić information content (AvgIpc) is 2.38.